The first-order chi connectivity index (χ1) is 13.3. The largest absolute Gasteiger partial charge is 0.357 e. The van der Waals surface area contributed by atoms with Crippen molar-refractivity contribution in [2.75, 3.05) is 31.9 Å². The number of rotatable bonds is 8. The van der Waals surface area contributed by atoms with Crippen LogP contribution in [0.2, 0.25) is 0 Å². The van der Waals surface area contributed by atoms with E-state index in [9.17, 15) is 8.42 Å². The van der Waals surface area contributed by atoms with Gasteiger partial charge in [-0.3, -0.25) is 4.99 Å². The molecule has 7 heteroatoms. The van der Waals surface area contributed by atoms with Crippen LogP contribution in [0.3, 0.4) is 0 Å². The van der Waals surface area contributed by atoms with Gasteiger partial charge < -0.3 is 10.6 Å². The van der Waals surface area contributed by atoms with Crippen LogP contribution in [-0.4, -0.2) is 56.7 Å². The number of benzene rings is 1. The average molecular weight is 409 g/mol. The molecule has 1 aromatic carbocycles. The van der Waals surface area contributed by atoms with E-state index in [2.05, 4.69) is 49.6 Å². The molecule has 0 aromatic heterocycles. The molecule has 6 nitrogen and oxygen atoms in total. The molecule has 2 N–H and O–H groups in total. The molecule has 1 aliphatic heterocycles. The molecule has 0 atom stereocenters. The molecule has 1 aromatic rings. The van der Waals surface area contributed by atoms with E-state index in [4.69, 9.17) is 4.99 Å². The summed E-state index contributed by atoms with van der Waals surface area (Å²) >= 11 is 0. The fourth-order valence-corrected chi connectivity index (χ4v) is 5.23. The fourth-order valence-electron chi connectivity index (χ4n) is 3.69. The summed E-state index contributed by atoms with van der Waals surface area (Å²) in [7, 11) is -3.09. The average Bonchev–Trinajstić information content (AvgIpc) is 2.61. The molecule has 0 unspecified atom stereocenters. The molecule has 28 heavy (non-hydrogen) atoms. The van der Waals surface area contributed by atoms with Gasteiger partial charge in [-0.05, 0) is 52.0 Å². The summed E-state index contributed by atoms with van der Waals surface area (Å²) in [5.74, 6) is 1.06. The van der Waals surface area contributed by atoms with Crippen molar-refractivity contribution >= 4 is 16.0 Å². The topological polar surface area (TPSA) is 73.8 Å². The highest BCUT2D eigenvalue weighted by molar-refractivity contribution is 7.89. The smallest absolute Gasteiger partial charge is 0.214 e. The van der Waals surface area contributed by atoms with Gasteiger partial charge in [0, 0.05) is 32.2 Å². The number of aliphatic imine (C=N–C) groups is 1. The standard InChI is InChI=1S/C21H36N4O2S/c1-5-13-28(26,27)25-11-8-20(9-12-25)24-21(22-6-2)23-10-7-19-15-17(3)14-18(4)16-19/h14-16,20H,5-13H2,1-4H3,(H2,22,23,24). The molecule has 0 bridgehead atoms. The van der Waals surface area contributed by atoms with E-state index in [1.54, 1.807) is 4.31 Å². The highest BCUT2D eigenvalue weighted by Gasteiger charge is 2.27. The second-order valence-electron chi connectivity index (χ2n) is 7.64. The van der Waals surface area contributed by atoms with E-state index in [1.807, 2.05) is 6.92 Å². The Labute approximate surface area is 170 Å². The summed E-state index contributed by atoms with van der Waals surface area (Å²) in [5.41, 5.74) is 3.88. The van der Waals surface area contributed by atoms with Gasteiger partial charge in [0.2, 0.25) is 10.0 Å². The lowest BCUT2D eigenvalue weighted by Crippen LogP contribution is -2.50. The van der Waals surface area contributed by atoms with Crippen LogP contribution in [0.15, 0.2) is 23.2 Å². The van der Waals surface area contributed by atoms with Gasteiger partial charge in [0.1, 0.15) is 0 Å². The fraction of sp³-hybridized carbons (Fsp3) is 0.667. The van der Waals surface area contributed by atoms with Crippen molar-refractivity contribution in [3.63, 3.8) is 0 Å². The van der Waals surface area contributed by atoms with Crippen LogP contribution >= 0.6 is 0 Å². The maximum absolute atomic E-state index is 12.2. The molecule has 1 fully saturated rings. The van der Waals surface area contributed by atoms with E-state index >= 15 is 0 Å². The second-order valence-corrected chi connectivity index (χ2v) is 9.73. The monoisotopic (exact) mass is 408 g/mol. The van der Waals surface area contributed by atoms with Gasteiger partial charge in [0.05, 0.1) is 5.75 Å². The Bertz CT molecular complexity index is 733. The first kappa shape index (κ1) is 22.7. The Morgan fingerprint density at radius 1 is 1.14 bits per heavy atom. The molecule has 0 saturated carbocycles. The predicted molar refractivity (Wildman–Crippen MR) is 117 cm³/mol. The molecular weight excluding hydrogens is 372 g/mol. The Kier molecular flexibility index (Phi) is 8.76. The van der Waals surface area contributed by atoms with Crippen LogP contribution in [0.4, 0.5) is 0 Å². The Balaban J connectivity index is 1.88. The molecule has 0 amide bonds. The maximum Gasteiger partial charge on any atom is 0.214 e. The molecule has 1 aliphatic rings. The van der Waals surface area contributed by atoms with E-state index in [0.29, 0.717) is 19.5 Å². The van der Waals surface area contributed by atoms with Crippen LogP contribution < -0.4 is 10.6 Å². The number of aryl methyl sites for hydroxylation is 2. The van der Waals surface area contributed by atoms with Gasteiger partial charge in [0.25, 0.3) is 0 Å². The third-order valence-electron chi connectivity index (χ3n) is 4.95. The number of sulfonamides is 1. The van der Waals surface area contributed by atoms with Crippen LogP contribution in [0.25, 0.3) is 0 Å². The summed E-state index contributed by atoms with van der Waals surface area (Å²) in [6.45, 7) is 10.9. The third kappa shape index (κ3) is 7.09. The quantitative estimate of drug-likeness (QED) is 0.512. The SMILES string of the molecule is CCCS(=O)(=O)N1CCC(NC(=NCCc2cc(C)cc(C)c2)NCC)CC1. The molecule has 0 radical (unpaired) electrons. The molecule has 1 saturated heterocycles. The number of nitrogens with zero attached hydrogens (tertiary/aromatic N) is 2. The molecule has 1 heterocycles. The van der Waals surface area contributed by atoms with Gasteiger partial charge in [-0.15, -0.1) is 0 Å². The zero-order valence-electron chi connectivity index (χ0n) is 17.8. The molecule has 2 rings (SSSR count). The van der Waals surface area contributed by atoms with E-state index < -0.39 is 10.0 Å². The second kappa shape index (κ2) is 10.8. The Hall–Kier alpha value is -1.60. The molecule has 0 aliphatic carbocycles. The molecular formula is C21H36N4O2S. The van der Waals surface area contributed by atoms with E-state index in [0.717, 1.165) is 38.3 Å². The van der Waals surface area contributed by atoms with Crippen LogP contribution in [-0.2, 0) is 16.4 Å². The minimum atomic E-state index is -3.09. The summed E-state index contributed by atoms with van der Waals surface area (Å²) in [6, 6.07) is 6.88. The Morgan fingerprint density at radius 2 is 1.79 bits per heavy atom. The first-order valence-corrected chi connectivity index (χ1v) is 12.0. The van der Waals surface area contributed by atoms with Crippen molar-refractivity contribution in [2.45, 2.75) is 59.4 Å². The first-order valence-electron chi connectivity index (χ1n) is 10.4. The van der Waals surface area contributed by atoms with Crippen molar-refractivity contribution < 1.29 is 8.42 Å². The van der Waals surface area contributed by atoms with Gasteiger partial charge >= 0.3 is 0 Å². The number of nitrogens with one attached hydrogen (secondary N) is 2. The zero-order chi connectivity index (χ0) is 20.6. The highest BCUT2D eigenvalue weighted by Crippen LogP contribution is 2.15. The van der Waals surface area contributed by atoms with Gasteiger partial charge in [-0.2, -0.15) is 0 Å². The van der Waals surface area contributed by atoms with Crippen molar-refractivity contribution in [3.05, 3.63) is 34.9 Å². The van der Waals surface area contributed by atoms with Gasteiger partial charge in [0.15, 0.2) is 5.96 Å². The van der Waals surface area contributed by atoms with Gasteiger partial charge in [-0.1, -0.05) is 36.2 Å². The van der Waals surface area contributed by atoms with E-state index in [-0.39, 0.29) is 11.8 Å². The lowest BCUT2D eigenvalue weighted by molar-refractivity contribution is 0.306. The van der Waals surface area contributed by atoms with Crippen LogP contribution in [0.5, 0.6) is 0 Å². The summed E-state index contributed by atoms with van der Waals surface area (Å²) in [5, 5.41) is 6.80. The normalized spacial score (nSPS) is 16.9. The van der Waals surface area contributed by atoms with Crippen molar-refractivity contribution in [2.24, 2.45) is 4.99 Å². The van der Waals surface area contributed by atoms with Crippen LogP contribution in [0, 0.1) is 13.8 Å². The minimum absolute atomic E-state index is 0.244. The van der Waals surface area contributed by atoms with Crippen molar-refractivity contribution in [1.29, 1.82) is 0 Å². The van der Waals surface area contributed by atoms with Crippen molar-refractivity contribution in [3.8, 4) is 0 Å². The summed E-state index contributed by atoms with van der Waals surface area (Å²) < 4.78 is 26.1. The third-order valence-corrected chi connectivity index (χ3v) is 7.02. The lowest BCUT2D eigenvalue weighted by Gasteiger charge is -2.32. The highest BCUT2D eigenvalue weighted by atomic mass is 32.2. The Morgan fingerprint density at radius 3 is 2.36 bits per heavy atom. The maximum atomic E-state index is 12.2. The lowest BCUT2D eigenvalue weighted by atomic mass is 10.1. The predicted octanol–water partition coefficient (Wildman–Crippen LogP) is 2.61. The van der Waals surface area contributed by atoms with Crippen molar-refractivity contribution in [1.82, 2.24) is 14.9 Å². The summed E-state index contributed by atoms with van der Waals surface area (Å²) in [4.78, 5) is 4.72. The minimum Gasteiger partial charge on any atom is -0.357 e. The summed E-state index contributed by atoms with van der Waals surface area (Å²) in [6.07, 6.45) is 3.19. The molecule has 158 valence electrons. The van der Waals surface area contributed by atoms with Gasteiger partial charge in [-0.25, -0.2) is 12.7 Å². The zero-order valence-corrected chi connectivity index (χ0v) is 18.6. The van der Waals surface area contributed by atoms with Crippen LogP contribution in [0.1, 0.15) is 49.8 Å². The number of piperidine rings is 1. The van der Waals surface area contributed by atoms with E-state index in [1.165, 1.54) is 16.7 Å². The number of guanidine groups is 1. The molecule has 0 spiro atoms. The number of hydrogen-bond donors (Lipinski definition) is 2. The number of hydrogen-bond acceptors (Lipinski definition) is 3.